The Balaban J connectivity index is 1.20. The second kappa shape index (κ2) is 13.3. The maximum atomic E-state index is 6.82. The van der Waals surface area contributed by atoms with Gasteiger partial charge in [0.05, 0.1) is 0 Å². The van der Waals surface area contributed by atoms with Crippen molar-refractivity contribution in [3.63, 3.8) is 0 Å². The van der Waals surface area contributed by atoms with Gasteiger partial charge in [-0.1, -0.05) is 32.9 Å². The number of imidazole rings is 1. The molecular weight excluding hydrogens is 892 g/mol. The second-order valence-corrected chi connectivity index (χ2v) is 16.8. The van der Waals surface area contributed by atoms with Crippen molar-refractivity contribution in [2.75, 3.05) is 0 Å². The van der Waals surface area contributed by atoms with Crippen molar-refractivity contribution in [1.29, 1.82) is 0 Å². The fraction of sp³-hybridized carbons (Fsp3) is 0.0769. The van der Waals surface area contributed by atoms with E-state index in [1.54, 1.807) is 0 Å². The van der Waals surface area contributed by atoms with Gasteiger partial charge in [-0.3, -0.25) is 0 Å². The van der Waals surface area contributed by atoms with E-state index in [0.29, 0.717) is 11.5 Å². The molecule has 0 aliphatic carbocycles. The number of nitrogens with zero attached hydrogens (tertiary/aromatic N) is 4. The molecule has 4 heterocycles. The average molecular weight is 928 g/mol. The van der Waals surface area contributed by atoms with Crippen molar-refractivity contribution in [2.24, 2.45) is 0 Å². The normalized spacial score (nSPS) is 12.2. The molecule has 0 unspecified atom stereocenters. The van der Waals surface area contributed by atoms with E-state index in [-0.39, 0.29) is 5.41 Å². The molecule has 5 nitrogen and oxygen atoms in total. The maximum absolute atomic E-state index is 6.82. The minimum absolute atomic E-state index is 0.0268. The molecule has 0 bridgehead atoms. The van der Waals surface area contributed by atoms with Gasteiger partial charge in [0.15, 0.2) is 0 Å². The summed E-state index contributed by atoms with van der Waals surface area (Å²) in [5.74, 6) is 2.05. The van der Waals surface area contributed by atoms with Gasteiger partial charge < -0.3 is 0 Å². The molecule has 0 saturated carbocycles. The molecule has 11 rings (SSSR count). The number of rotatable bonds is 4. The van der Waals surface area contributed by atoms with Gasteiger partial charge in [-0.05, 0) is 17.0 Å². The Hall–Kier alpha value is -6.55. The number of pyridine rings is 1. The Morgan fingerprint density at radius 1 is 0.517 bits per heavy atom. The molecule has 0 spiro atoms. The molecule has 0 atom stereocenters. The van der Waals surface area contributed by atoms with Gasteiger partial charge >= 0.3 is 292 Å². The third-order valence-electron chi connectivity index (χ3n) is 11.3. The molecule has 4 aromatic heterocycles. The number of ether oxygens (including phenoxy) is 1. The number of hydrogen-bond donors (Lipinski definition) is 0. The first kappa shape index (κ1) is 34.7. The molecule has 7 aromatic carbocycles. The number of aromatic nitrogens is 4. The predicted molar refractivity (Wildman–Crippen MR) is 234 cm³/mol. The molecule has 0 N–H and O–H groups in total. The van der Waals surface area contributed by atoms with Gasteiger partial charge in [0, 0.05) is 6.20 Å². The van der Waals surface area contributed by atoms with E-state index in [9.17, 15) is 0 Å². The van der Waals surface area contributed by atoms with Crippen molar-refractivity contribution < 1.29 is 24.1 Å². The van der Waals surface area contributed by atoms with Crippen LogP contribution in [0.1, 0.15) is 26.3 Å². The number of hydrogen-bond acceptors (Lipinski definition) is 2. The van der Waals surface area contributed by atoms with Crippen LogP contribution in [0.4, 0.5) is 0 Å². The third kappa shape index (κ3) is 5.41. The predicted octanol–water partition coefficient (Wildman–Crippen LogP) is 13.2. The minimum atomic E-state index is -0.0268. The van der Waals surface area contributed by atoms with Crippen LogP contribution < -0.4 is 4.74 Å². The zero-order valence-electron chi connectivity index (χ0n) is 32.1. The number of para-hydroxylation sites is 3. The number of fused-ring (bicyclic) bond motifs is 10. The van der Waals surface area contributed by atoms with E-state index < -0.39 is 0 Å². The van der Waals surface area contributed by atoms with Gasteiger partial charge in [0.1, 0.15) is 0 Å². The molecule has 6 heteroatoms. The van der Waals surface area contributed by atoms with Gasteiger partial charge in [0.2, 0.25) is 0 Å². The monoisotopic (exact) mass is 927 g/mol. The Bertz CT molecular complexity index is 3550. The first-order valence-electron chi connectivity index (χ1n) is 19.5. The Labute approximate surface area is 346 Å². The van der Waals surface area contributed by atoms with Crippen molar-refractivity contribution in [3.05, 3.63) is 185 Å². The quantitative estimate of drug-likeness (QED) is 0.165. The molecule has 0 fully saturated rings. The summed E-state index contributed by atoms with van der Waals surface area (Å²) in [5.41, 5.74) is 7.39. The van der Waals surface area contributed by atoms with E-state index >= 15 is 0 Å². The average Bonchev–Trinajstić information content (AvgIpc) is 3.75. The second-order valence-electron chi connectivity index (χ2n) is 15.8. The van der Waals surface area contributed by atoms with Crippen LogP contribution in [0.2, 0.25) is 0 Å². The Kier molecular flexibility index (Phi) is 7.93. The van der Waals surface area contributed by atoms with Gasteiger partial charge in [-0.15, -0.1) is 0 Å². The van der Waals surface area contributed by atoms with Crippen LogP contribution in [0.15, 0.2) is 164 Å². The number of benzene rings is 7. The van der Waals surface area contributed by atoms with E-state index in [1.807, 2.05) is 18.3 Å². The first-order chi connectivity index (χ1) is 28.3. The molecule has 0 aliphatic heterocycles. The van der Waals surface area contributed by atoms with Crippen LogP contribution in [0.3, 0.4) is 0 Å². The van der Waals surface area contributed by atoms with E-state index in [1.165, 1.54) is 21.7 Å². The summed E-state index contributed by atoms with van der Waals surface area (Å²) in [6.07, 6.45) is 1.90. The topological polar surface area (TPSA) is 36.4 Å². The first-order valence-corrected chi connectivity index (χ1v) is 20.6. The summed E-state index contributed by atoms with van der Waals surface area (Å²) in [7, 11) is 0. The molecule has 0 amide bonds. The van der Waals surface area contributed by atoms with E-state index in [0.717, 1.165) is 69.8 Å². The molecular formula is C52H36N4OPt-2. The van der Waals surface area contributed by atoms with Gasteiger partial charge in [-0.25, -0.2) is 0 Å². The molecule has 58 heavy (non-hydrogen) atoms. The molecule has 282 valence electrons. The fourth-order valence-electron chi connectivity index (χ4n) is 8.57. The van der Waals surface area contributed by atoms with Crippen molar-refractivity contribution in [2.45, 2.75) is 26.2 Å². The third-order valence-corrected chi connectivity index (χ3v) is 12.3. The van der Waals surface area contributed by atoms with Crippen LogP contribution >= 0.6 is 0 Å². The molecule has 11 aromatic rings. The van der Waals surface area contributed by atoms with E-state index in [2.05, 4.69) is 211 Å². The van der Waals surface area contributed by atoms with Crippen molar-refractivity contribution in [3.8, 4) is 23.0 Å². The molecule has 0 aliphatic rings. The SMILES string of the molecule is CC(C)(C)c1ccnc(-n2c3[c-]c(Oc4[c-]c5c(cc4)c4ccccc4c4ccccc4c4cccc6c4n5[c](=[Pt])n6-c4ccccc4)ccc3c3ccccc32)c1. The van der Waals surface area contributed by atoms with E-state index in [4.69, 9.17) is 9.72 Å². The molecule has 0 saturated heterocycles. The standard InChI is InChI=1S/C52H36N4O.Pt/c1-52(2,3)34-28-29-53-50(30-34)56-46-22-12-11-20-42(46)44-27-25-37(32-49(44)56)57-36-24-26-43-40-18-9-7-16-38(40)39-17-8-10-19-41(39)45-21-13-23-47-51(45)55(48(43)31-36)33-54(47)35-14-5-4-6-15-35;/h4-30H,1-3H3;/q-2;. The Morgan fingerprint density at radius 3 is 1.76 bits per heavy atom. The van der Waals surface area contributed by atoms with Crippen molar-refractivity contribution in [1.82, 2.24) is 18.5 Å². The Morgan fingerprint density at radius 2 is 1.07 bits per heavy atom. The van der Waals surface area contributed by atoms with Crippen LogP contribution in [-0.2, 0) is 24.8 Å². The summed E-state index contributed by atoms with van der Waals surface area (Å²) in [6, 6.07) is 63.3. The van der Waals surface area contributed by atoms with Crippen LogP contribution in [-0.4, -0.2) is 18.5 Å². The summed E-state index contributed by atoms with van der Waals surface area (Å²) in [6.45, 7) is 6.69. The zero-order chi connectivity index (χ0) is 39.1. The van der Waals surface area contributed by atoms with Crippen LogP contribution in [0.25, 0.3) is 82.2 Å². The summed E-state index contributed by atoms with van der Waals surface area (Å²) in [5, 5.41) is 9.12. The summed E-state index contributed by atoms with van der Waals surface area (Å²) in [4.78, 5) is 4.87. The zero-order valence-corrected chi connectivity index (χ0v) is 34.4. The summed E-state index contributed by atoms with van der Waals surface area (Å²) >= 11 is 2.48. The van der Waals surface area contributed by atoms with Gasteiger partial charge in [-0.2, -0.15) is 0 Å². The summed E-state index contributed by atoms with van der Waals surface area (Å²) < 4.78 is 14.7. The molecule has 0 radical (unpaired) electrons. The fourth-order valence-corrected chi connectivity index (χ4v) is 9.65. The van der Waals surface area contributed by atoms with Crippen LogP contribution in [0, 0.1) is 15.9 Å². The van der Waals surface area contributed by atoms with Gasteiger partial charge in [0.25, 0.3) is 0 Å². The van der Waals surface area contributed by atoms with Crippen LogP contribution in [0.5, 0.6) is 11.5 Å². The van der Waals surface area contributed by atoms with Crippen molar-refractivity contribution >= 4 is 70.7 Å².